The van der Waals surface area contributed by atoms with Crippen LogP contribution >= 0.6 is 0 Å². The van der Waals surface area contributed by atoms with Gasteiger partial charge < -0.3 is 9.97 Å². The Bertz CT molecular complexity index is 787. The van der Waals surface area contributed by atoms with Crippen molar-refractivity contribution in [1.82, 2.24) is 9.97 Å². The van der Waals surface area contributed by atoms with Crippen LogP contribution in [-0.2, 0) is 0 Å². The van der Waals surface area contributed by atoms with Crippen LogP contribution < -0.4 is 5.56 Å². The van der Waals surface area contributed by atoms with Gasteiger partial charge in [-0.2, -0.15) is 0 Å². The molecular formula is C13H8N2O. The summed E-state index contributed by atoms with van der Waals surface area (Å²) in [5.41, 5.74) is 2.08. The van der Waals surface area contributed by atoms with E-state index >= 15 is 0 Å². The fourth-order valence-corrected chi connectivity index (χ4v) is 1.93. The van der Waals surface area contributed by atoms with Gasteiger partial charge in [0.25, 0.3) is 5.56 Å². The minimum atomic E-state index is -0.110. The lowest BCUT2D eigenvalue weighted by atomic mass is 10.1. The summed E-state index contributed by atoms with van der Waals surface area (Å²) in [5, 5.41) is 1.86. The molecule has 3 rings (SSSR count). The molecule has 0 atom stereocenters. The highest BCUT2D eigenvalue weighted by atomic mass is 16.1. The van der Waals surface area contributed by atoms with E-state index in [2.05, 4.69) is 15.9 Å². The predicted molar refractivity (Wildman–Crippen MR) is 64.4 cm³/mol. The first-order chi connectivity index (χ1) is 7.79. The van der Waals surface area contributed by atoms with Crippen molar-refractivity contribution in [2.24, 2.45) is 0 Å². The van der Waals surface area contributed by atoms with Crippen LogP contribution in [0.1, 0.15) is 5.56 Å². The molecule has 2 heterocycles. The summed E-state index contributed by atoms with van der Waals surface area (Å²) in [5.74, 6) is 2.59. The maximum Gasteiger partial charge on any atom is 0.272 e. The van der Waals surface area contributed by atoms with E-state index in [-0.39, 0.29) is 5.56 Å². The van der Waals surface area contributed by atoms with Crippen LogP contribution in [0.2, 0.25) is 0 Å². The summed E-state index contributed by atoms with van der Waals surface area (Å²) in [6.07, 6.45) is 7.11. The molecule has 3 nitrogen and oxygen atoms in total. The van der Waals surface area contributed by atoms with Crippen LogP contribution in [0, 0.1) is 12.3 Å². The summed E-state index contributed by atoms with van der Waals surface area (Å²) in [6.45, 7) is 0. The number of aromatic amines is 2. The number of pyridine rings is 1. The number of hydrogen-bond acceptors (Lipinski definition) is 1. The summed E-state index contributed by atoms with van der Waals surface area (Å²) >= 11 is 0. The van der Waals surface area contributed by atoms with Gasteiger partial charge in [-0.05, 0) is 24.3 Å². The first kappa shape index (κ1) is 8.81. The second-order valence-corrected chi connectivity index (χ2v) is 3.63. The molecule has 0 aliphatic heterocycles. The van der Waals surface area contributed by atoms with Gasteiger partial charge >= 0.3 is 0 Å². The number of rotatable bonds is 0. The Hall–Kier alpha value is -2.47. The number of aromatic nitrogens is 2. The topological polar surface area (TPSA) is 48.6 Å². The summed E-state index contributed by atoms with van der Waals surface area (Å²) in [7, 11) is 0. The quantitative estimate of drug-likeness (QED) is 0.545. The molecule has 0 aliphatic rings. The van der Waals surface area contributed by atoms with Gasteiger partial charge in [0.05, 0.1) is 0 Å². The number of hydrogen-bond donors (Lipinski definition) is 2. The van der Waals surface area contributed by atoms with Gasteiger partial charge in [0.15, 0.2) is 0 Å². The first-order valence-electron chi connectivity index (χ1n) is 4.89. The Balaban J connectivity index is 2.62. The molecular weight excluding hydrogens is 200 g/mol. The molecule has 0 saturated carbocycles. The summed E-state index contributed by atoms with van der Waals surface area (Å²) < 4.78 is 0. The largest absolute Gasteiger partial charge is 0.357 e. The van der Waals surface area contributed by atoms with E-state index in [0.29, 0.717) is 5.52 Å². The van der Waals surface area contributed by atoms with E-state index in [1.54, 1.807) is 6.20 Å². The third kappa shape index (κ3) is 1.07. The third-order valence-corrected chi connectivity index (χ3v) is 2.70. The zero-order valence-electron chi connectivity index (χ0n) is 8.37. The highest BCUT2D eigenvalue weighted by Crippen LogP contribution is 2.21. The van der Waals surface area contributed by atoms with Gasteiger partial charge in [-0.15, -0.1) is 6.42 Å². The average molecular weight is 208 g/mol. The van der Waals surface area contributed by atoms with E-state index in [4.69, 9.17) is 6.42 Å². The Kier molecular flexibility index (Phi) is 1.66. The maximum absolute atomic E-state index is 11.7. The number of terminal acetylenes is 1. The number of H-pyrrole nitrogens is 2. The molecule has 0 bridgehead atoms. The SMILES string of the molecule is C#Cc1ccc2[nH]c(=O)c3[nH]ccc3c2c1. The fourth-order valence-electron chi connectivity index (χ4n) is 1.93. The van der Waals surface area contributed by atoms with Crippen LogP contribution in [-0.4, -0.2) is 9.97 Å². The molecule has 0 unspecified atom stereocenters. The lowest BCUT2D eigenvalue weighted by Crippen LogP contribution is -2.05. The molecule has 1 aromatic carbocycles. The lowest BCUT2D eigenvalue weighted by molar-refractivity contribution is 1.31. The molecule has 2 aromatic heterocycles. The monoisotopic (exact) mass is 208 g/mol. The van der Waals surface area contributed by atoms with Crippen molar-refractivity contribution >= 4 is 21.8 Å². The second kappa shape index (κ2) is 3.01. The molecule has 0 aliphatic carbocycles. The van der Waals surface area contributed by atoms with Gasteiger partial charge in [-0.3, -0.25) is 4.79 Å². The van der Waals surface area contributed by atoms with Crippen LogP contribution in [0.5, 0.6) is 0 Å². The van der Waals surface area contributed by atoms with Crippen LogP contribution in [0.4, 0.5) is 0 Å². The van der Waals surface area contributed by atoms with E-state index < -0.39 is 0 Å². The molecule has 0 amide bonds. The normalized spacial score (nSPS) is 10.7. The van der Waals surface area contributed by atoms with Gasteiger partial charge in [0.2, 0.25) is 0 Å². The van der Waals surface area contributed by atoms with Crippen LogP contribution in [0.25, 0.3) is 21.8 Å². The molecule has 0 radical (unpaired) electrons. The molecule has 2 N–H and O–H groups in total. The summed E-state index contributed by atoms with van der Waals surface area (Å²) in [6, 6.07) is 7.43. The maximum atomic E-state index is 11.7. The number of benzene rings is 1. The summed E-state index contributed by atoms with van der Waals surface area (Å²) in [4.78, 5) is 17.4. The molecule has 0 saturated heterocycles. The minimum Gasteiger partial charge on any atom is -0.357 e. The minimum absolute atomic E-state index is 0.110. The van der Waals surface area contributed by atoms with Crippen molar-refractivity contribution in [3.63, 3.8) is 0 Å². The zero-order valence-corrected chi connectivity index (χ0v) is 8.37. The smallest absolute Gasteiger partial charge is 0.272 e. The first-order valence-corrected chi connectivity index (χ1v) is 4.89. The van der Waals surface area contributed by atoms with Crippen LogP contribution in [0.15, 0.2) is 35.3 Å². The molecule has 0 fully saturated rings. The Morgan fingerprint density at radius 1 is 1.19 bits per heavy atom. The Labute approximate surface area is 91.1 Å². The molecule has 16 heavy (non-hydrogen) atoms. The second-order valence-electron chi connectivity index (χ2n) is 3.63. The average Bonchev–Trinajstić information content (AvgIpc) is 2.78. The number of nitrogens with one attached hydrogen (secondary N) is 2. The highest BCUT2D eigenvalue weighted by Gasteiger charge is 2.05. The third-order valence-electron chi connectivity index (χ3n) is 2.70. The van der Waals surface area contributed by atoms with E-state index in [1.165, 1.54) is 0 Å². The van der Waals surface area contributed by atoms with Crippen LogP contribution in [0.3, 0.4) is 0 Å². The molecule has 0 spiro atoms. The van der Waals surface area contributed by atoms with E-state index in [1.807, 2.05) is 24.3 Å². The molecule has 3 aromatic rings. The van der Waals surface area contributed by atoms with Crippen molar-refractivity contribution < 1.29 is 0 Å². The van der Waals surface area contributed by atoms with Crippen molar-refractivity contribution in [3.05, 3.63) is 46.4 Å². The van der Waals surface area contributed by atoms with E-state index in [0.717, 1.165) is 21.9 Å². The van der Waals surface area contributed by atoms with Crippen molar-refractivity contribution in [2.75, 3.05) is 0 Å². The standard InChI is InChI=1S/C13H8N2O/c1-2-8-3-4-11-10(7-8)9-5-6-14-12(9)13(16)15-11/h1,3-7,14H,(H,15,16). The molecule has 3 heteroatoms. The van der Waals surface area contributed by atoms with Gasteiger partial charge in [0.1, 0.15) is 5.52 Å². The zero-order chi connectivity index (χ0) is 11.1. The number of fused-ring (bicyclic) bond motifs is 3. The van der Waals surface area contributed by atoms with Crippen molar-refractivity contribution in [1.29, 1.82) is 0 Å². The van der Waals surface area contributed by atoms with Gasteiger partial charge in [0, 0.05) is 28.0 Å². The van der Waals surface area contributed by atoms with Gasteiger partial charge in [-0.25, -0.2) is 0 Å². The van der Waals surface area contributed by atoms with E-state index in [9.17, 15) is 4.79 Å². The lowest BCUT2D eigenvalue weighted by Gasteiger charge is -2.00. The van der Waals surface area contributed by atoms with Gasteiger partial charge in [-0.1, -0.05) is 5.92 Å². The fraction of sp³-hybridized carbons (Fsp3) is 0. The Morgan fingerprint density at radius 2 is 2.06 bits per heavy atom. The molecule has 76 valence electrons. The van der Waals surface area contributed by atoms with Crippen molar-refractivity contribution in [3.8, 4) is 12.3 Å². The predicted octanol–water partition coefficient (Wildman–Crippen LogP) is 1.99. The van der Waals surface area contributed by atoms with Crippen molar-refractivity contribution in [2.45, 2.75) is 0 Å². The Morgan fingerprint density at radius 3 is 2.88 bits per heavy atom. The highest BCUT2D eigenvalue weighted by molar-refractivity contribution is 6.04.